The molecule has 0 unspecified atom stereocenters. The van der Waals surface area contributed by atoms with E-state index in [0.717, 1.165) is 18.4 Å². The quantitative estimate of drug-likeness (QED) is 0.750. The molecule has 1 fully saturated rings. The van der Waals surface area contributed by atoms with Crippen molar-refractivity contribution in [2.75, 3.05) is 25.6 Å². The van der Waals surface area contributed by atoms with Gasteiger partial charge < -0.3 is 15.4 Å². The van der Waals surface area contributed by atoms with Crippen molar-refractivity contribution in [3.05, 3.63) is 65.5 Å². The standard InChI is InChI=1S/C20H21FN2O3/c1-26-13-12-22-19(25)20(10-11-20)14-6-8-15(9-7-14)23-18(24)16-4-2-3-5-17(16)21/h2-9H,10-13H2,1H3,(H,22,25)(H,23,24). The number of carbonyl (C=O) groups excluding carboxylic acids is 2. The molecule has 0 aliphatic heterocycles. The second-order valence-electron chi connectivity index (χ2n) is 6.34. The number of nitrogens with one attached hydrogen (secondary N) is 2. The summed E-state index contributed by atoms with van der Waals surface area (Å²) in [5, 5.41) is 5.56. The third-order valence-electron chi connectivity index (χ3n) is 4.59. The van der Waals surface area contributed by atoms with Crippen molar-refractivity contribution in [1.29, 1.82) is 0 Å². The van der Waals surface area contributed by atoms with Crippen LogP contribution in [0.5, 0.6) is 0 Å². The Hall–Kier alpha value is -2.73. The Labute approximate surface area is 151 Å². The predicted octanol–water partition coefficient (Wildman–Crippen LogP) is 2.87. The second kappa shape index (κ2) is 7.66. The smallest absolute Gasteiger partial charge is 0.258 e. The Balaban J connectivity index is 1.66. The van der Waals surface area contributed by atoms with Crippen LogP contribution in [0.4, 0.5) is 10.1 Å². The SMILES string of the molecule is COCCNC(=O)C1(c2ccc(NC(=O)c3ccccc3F)cc2)CC1. The van der Waals surface area contributed by atoms with Gasteiger partial charge in [0.2, 0.25) is 5.91 Å². The molecule has 0 heterocycles. The molecule has 3 rings (SSSR count). The normalized spacial score (nSPS) is 14.5. The summed E-state index contributed by atoms with van der Waals surface area (Å²) in [6.07, 6.45) is 1.60. The van der Waals surface area contributed by atoms with E-state index in [2.05, 4.69) is 10.6 Å². The summed E-state index contributed by atoms with van der Waals surface area (Å²) in [7, 11) is 1.59. The lowest BCUT2D eigenvalue weighted by Gasteiger charge is -2.16. The fraction of sp³-hybridized carbons (Fsp3) is 0.300. The van der Waals surface area contributed by atoms with Crippen LogP contribution in [0.25, 0.3) is 0 Å². The van der Waals surface area contributed by atoms with Gasteiger partial charge in [-0.05, 0) is 42.7 Å². The summed E-state index contributed by atoms with van der Waals surface area (Å²) in [6.45, 7) is 0.955. The first-order valence-corrected chi connectivity index (χ1v) is 8.50. The highest BCUT2D eigenvalue weighted by atomic mass is 19.1. The highest BCUT2D eigenvalue weighted by molar-refractivity contribution is 6.04. The maximum absolute atomic E-state index is 13.7. The topological polar surface area (TPSA) is 67.4 Å². The fourth-order valence-electron chi connectivity index (χ4n) is 2.92. The molecule has 2 aromatic carbocycles. The number of benzene rings is 2. The van der Waals surface area contributed by atoms with Crippen molar-refractivity contribution >= 4 is 17.5 Å². The van der Waals surface area contributed by atoms with Crippen LogP contribution in [0.3, 0.4) is 0 Å². The summed E-state index contributed by atoms with van der Waals surface area (Å²) in [4.78, 5) is 24.6. The van der Waals surface area contributed by atoms with Gasteiger partial charge >= 0.3 is 0 Å². The summed E-state index contributed by atoms with van der Waals surface area (Å²) < 4.78 is 18.6. The predicted molar refractivity (Wildman–Crippen MR) is 96.6 cm³/mol. The molecule has 0 radical (unpaired) electrons. The lowest BCUT2D eigenvalue weighted by molar-refractivity contribution is -0.123. The Morgan fingerprint density at radius 3 is 2.42 bits per heavy atom. The molecule has 2 aromatic rings. The first-order chi connectivity index (χ1) is 12.6. The highest BCUT2D eigenvalue weighted by Gasteiger charge is 2.50. The highest BCUT2D eigenvalue weighted by Crippen LogP contribution is 2.48. The third-order valence-corrected chi connectivity index (χ3v) is 4.59. The molecule has 2 N–H and O–H groups in total. The monoisotopic (exact) mass is 356 g/mol. The number of amides is 2. The summed E-state index contributed by atoms with van der Waals surface area (Å²) in [6, 6.07) is 13.0. The third kappa shape index (κ3) is 3.75. The Bertz CT molecular complexity index is 801. The van der Waals surface area contributed by atoms with Crippen LogP contribution in [0.1, 0.15) is 28.8 Å². The minimum absolute atomic E-state index is 0.00214. The van der Waals surface area contributed by atoms with Gasteiger partial charge in [0.15, 0.2) is 0 Å². The number of halogens is 1. The van der Waals surface area contributed by atoms with Gasteiger partial charge in [0.05, 0.1) is 17.6 Å². The van der Waals surface area contributed by atoms with Gasteiger partial charge in [-0.2, -0.15) is 0 Å². The van der Waals surface area contributed by atoms with E-state index in [1.54, 1.807) is 25.3 Å². The zero-order valence-electron chi connectivity index (χ0n) is 14.5. The van der Waals surface area contributed by atoms with Crippen molar-refractivity contribution in [3.63, 3.8) is 0 Å². The first-order valence-electron chi connectivity index (χ1n) is 8.50. The Morgan fingerprint density at radius 2 is 1.81 bits per heavy atom. The Kier molecular flexibility index (Phi) is 5.32. The molecule has 1 saturated carbocycles. The lowest BCUT2D eigenvalue weighted by Crippen LogP contribution is -2.36. The van der Waals surface area contributed by atoms with Gasteiger partial charge in [-0.25, -0.2) is 4.39 Å². The molecule has 0 bridgehead atoms. The van der Waals surface area contributed by atoms with Crippen LogP contribution < -0.4 is 10.6 Å². The van der Waals surface area contributed by atoms with E-state index in [0.29, 0.717) is 18.8 Å². The van der Waals surface area contributed by atoms with E-state index < -0.39 is 17.1 Å². The molecular weight excluding hydrogens is 335 g/mol. The average molecular weight is 356 g/mol. The van der Waals surface area contributed by atoms with Crippen molar-refractivity contribution in [3.8, 4) is 0 Å². The van der Waals surface area contributed by atoms with E-state index in [1.165, 1.54) is 18.2 Å². The summed E-state index contributed by atoms with van der Waals surface area (Å²) in [5.74, 6) is -1.07. The number of anilines is 1. The Morgan fingerprint density at radius 1 is 1.12 bits per heavy atom. The lowest BCUT2D eigenvalue weighted by atomic mass is 9.94. The van der Waals surface area contributed by atoms with Crippen molar-refractivity contribution < 1.29 is 18.7 Å². The van der Waals surface area contributed by atoms with Gasteiger partial charge in [0, 0.05) is 19.3 Å². The van der Waals surface area contributed by atoms with Gasteiger partial charge in [-0.15, -0.1) is 0 Å². The maximum atomic E-state index is 13.7. The maximum Gasteiger partial charge on any atom is 0.258 e. The zero-order chi connectivity index (χ0) is 18.6. The molecule has 26 heavy (non-hydrogen) atoms. The van der Waals surface area contributed by atoms with E-state index in [-0.39, 0.29) is 11.5 Å². The molecule has 2 amide bonds. The molecule has 0 aromatic heterocycles. The summed E-state index contributed by atoms with van der Waals surface area (Å²) in [5.41, 5.74) is 0.976. The van der Waals surface area contributed by atoms with Gasteiger partial charge in [-0.3, -0.25) is 9.59 Å². The van der Waals surface area contributed by atoms with Gasteiger partial charge in [0.1, 0.15) is 5.82 Å². The van der Waals surface area contributed by atoms with Crippen LogP contribution in [0, 0.1) is 5.82 Å². The molecule has 5 nitrogen and oxygen atoms in total. The number of hydrogen-bond acceptors (Lipinski definition) is 3. The van der Waals surface area contributed by atoms with Gasteiger partial charge in [-0.1, -0.05) is 24.3 Å². The van der Waals surface area contributed by atoms with Crippen molar-refractivity contribution in [1.82, 2.24) is 5.32 Å². The molecule has 1 aliphatic rings. The number of methoxy groups -OCH3 is 1. The fourth-order valence-corrected chi connectivity index (χ4v) is 2.92. The number of rotatable bonds is 7. The van der Waals surface area contributed by atoms with E-state index in [4.69, 9.17) is 4.74 Å². The second-order valence-corrected chi connectivity index (χ2v) is 6.34. The average Bonchev–Trinajstić information content (AvgIpc) is 3.45. The summed E-state index contributed by atoms with van der Waals surface area (Å²) >= 11 is 0. The van der Waals surface area contributed by atoms with Gasteiger partial charge in [0.25, 0.3) is 5.91 Å². The van der Waals surface area contributed by atoms with E-state index >= 15 is 0 Å². The molecule has 0 saturated heterocycles. The van der Waals surface area contributed by atoms with Crippen LogP contribution in [-0.2, 0) is 14.9 Å². The number of hydrogen-bond donors (Lipinski definition) is 2. The largest absolute Gasteiger partial charge is 0.383 e. The molecule has 0 spiro atoms. The first kappa shape index (κ1) is 18.1. The molecule has 1 aliphatic carbocycles. The molecule has 6 heteroatoms. The van der Waals surface area contributed by atoms with E-state index in [1.807, 2.05) is 12.1 Å². The minimum Gasteiger partial charge on any atom is -0.383 e. The van der Waals surface area contributed by atoms with Crippen molar-refractivity contribution in [2.45, 2.75) is 18.3 Å². The van der Waals surface area contributed by atoms with Crippen LogP contribution in [0.2, 0.25) is 0 Å². The zero-order valence-corrected chi connectivity index (χ0v) is 14.5. The minimum atomic E-state index is -0.564. The number of carbonyl (C=O) groups is 2. The van der Waals surface area contributed by atoms with Crippen LogP contribution in [-0.4, -0.2) is 32.1 Å². The molecular formula is C20H21FN2O3. The van der Waals surface area contributed by atoms with Crippen LogP contribution in [0.15, 0.2) is 48.5 Å². The van der Waals surface area contributed by atoms with Crippen LogP contribution >= 0.6 is 0 Å². The van der Waals surface area contributed by atoms with E-state index in [9.17, 15) is 14.0 Å². The van der Waals surface area contributed by atoms with Crippen molar-refractivity contribution in [2.24, 2.45) is 0 Å². The molecule has 136 valence electrons. The molecule has 0 atom stereocenters. The number of ether oxygens (including phenoxy) is 1.